The molecule has 0 atom stereocenters. The minimum absolute atomic E-state index is 0.0111. The van der Waals surface area contributed by atoms with Crippen molar-refractivity contribution in [2.75, 3.05) is 12.8 Å². The molecular formula is C11H11ClN4O3. The molecule has 7 nitrogen and oxygen atoms in total. The third-order valence-electron chi connectivity index (χ3n) is 2.61. The molecule has 8 heteroatoms. The predicted octanol–water partition coefficient (Wildman–Crippen LogP) is 2.08. The number of aromatic nitrogens is 2. The molecule has 0 unspecified atom stereocenters. The fourth-order valence-electron chi connectivity index (χ4n) is 1.63. The van der Waals surface area contributed by atoms with Gasteiger partial charge in [0.05, 0.1) is 23.6 Å². The highest BCUT2D eigenvalue weighted by atomic mass is 35.5. The van der Waals surface area contributed by atoms with E-state index >= 15 is 0 Å². The highest BCUT2D eigenvalue weighted by molar-refractivity contribution is 6.32. The van der Waals surface area contributed by atoms with Gasteiger partial charge in [-0.1, -0.05) is 17.7 Å². The minimum Gasteiger partial charge on any atom is -0.495 e. The van der Waals surface area contributed by atoms with E-state index in [4.69, 9.17) is 22.1 Å². The molecule has 2 N–H and O–H groups in total. The highest BCUT2D eigenvalue weighted by Gasteiger charge is 2.17. The Kier molecular flexibility index (Phi) is 3.57. The summed E-state index contributed by atoms with van der Waals surface area (Å²) in [5.41, 5.74) is 6.25. The standard InChI is InChI=1S/C11H11ClN4O3/c1-19-10-3-2-7(4-8(10)12)6-15-11(13)9(5-14-15)16(17)18/h2-5H,6,13H2,1H3. The van der Waals surface area contributed by atoms with Gasteiger partial charge in [0.15, 0.2) is 0 Å². The molecule has 1 aromatic carbocycles. The van der Waals surface area contributed by atoms with Crippen LogP contribution in [-0.4, -0.2) is 21.8 Å². The van der Waals surface area contributed by atoms with E-state index in [1.54, 1.807) is 18.2 Å². The molecule has 0 aliphatic heterocycles. The number of ether oxygens (including phenoxy) is 1. The molecule has 0 radical (unpaired) electrons. The van der Waals surface area contributed by atoms with E-state index < -0.39 is 4.92 Å². The number of benzene rings is 1. The second-order valence-electron chi connectivity index (χ2n) is 3.80. The van der Waals surface area contributed by atoms with Gasteiger partial charge < -0.3 is 10.5 Å². The Morgan fingerprint density at radius 1 is 1.58 bits per heavy atom. The first-order valence-corrected chi connectivity index (χ1v) is 5.69. The van der Waals surface area contributed by atoms with Crippen molar-refractivity contribution >= 4 is 23.1 Å². The summed E-state index contributed by atoms with van der Waals surface area (Å²) in [6.45, 7) is 0.295. The molecule has 2 aromatic rings. The first-order valence-electron chi connectivity index (χ1n) is 5.31. The van der Waals surface area contributed by atoms with Crippen LogP contribution in [0.15, 0.2) is 24.4 Å². The lowest BCUT2D eigenvalue weighted by atomic mass is 10.2. The van der Waals surface area contributed by atoms with Crippen LogP contribution in [0.1, 0.15) is 5.56 Å². The number of hydrogen-bond acceptors (Lipinski definition) is 5. The first kappa shape index (κ1) is 13.2. The number of nitrogens with two attached hydrogens (primary N) is 1. The summed E-state index contributed by atoms with van der Waals surface area (Å²) in [5.74, 6) is 0.571. The summed E-state index contributed by atoms with van der Waals surface area (Å²) >= 11 is 6.00. The average molecular weight is 283 g/mol. The number of anilines is 1. The molecule has 19 heavy (non-hydrogen) atoms. The molecule has 0 bridgehead atoms. The Bertz CT molecular complexity index is 626. The van der Waals surface area contributed by atoms with E-state index in [-0.39, 0.29) is 11.5 Å². The molecule has 0 saturated carbocycles. The van der Waals surface area contributed by atoms with Crippen LogP contribution >= 0.6 is 11.6 Å². The molecule has 0 fully saturated rings. The minimum atomic E-state index is -0.570. The predicted molar refractivity (Wildman–Crippen MR) is 70.4 cm³/mol. The van der Waals surface area contributed by atoms with E-state index in [0.717, 1.165) is 11.8 Å². The Balaban J connectivity index is 2.26. The van der Waals surface area contributed by atoms with Crippen LogP contribution < -0.4 is 10.5 Å². The van der Waals surface area contributed by atoms with Crippen LogP contribution in [-0.2, 0) is 6.54 Å². The van der Waals surface area contributed by atoms with Gasteiger partial charge in [0.25, 0.3) is 0 Å². The van der Waals surface area contributed by atoms with Crippen molar-refractivity contribution in [3.8, 4) is 5.75 Å². The van der Waals surface area contributed by atoms with E-state index in [1.807, 2.05) is 0 Å². The molecule has 0 amide bonds. The van der Waals surface area contributed by atoms with Crippen molar-refractivity contribution in [1.29, 1.82) is 0 Å². The van der Waals surface area contributed by atoms with E-state index in [1.165, 1.54) is 11.8 Å². The van der Waals surface area contributed by atoms with Gasteiger partial charge in [-0.15, -0.1) is 0 Å². The van der Waals surface area contributed by atoms with Crippen LogP contribution in [0.5, 0.6) is 5.75 Å². The van der Waals surface area contributed by atoms with Gasteiger partial charge in [0.2, 0.25) is 5.82 Å². The lowest BCUT2D eigenvalue weighted by molar-refractivity contribution is -0.384. The zero-order valence-electron chi connectivity index (χ0n) is 10.0. The summed E-state index contributed by atoms with van der Waals surface area (Å²) in [6, 6.07) is 5.21. The van der Waals surface area contributed by atoms with E-state index in [0.29, 0.717) is 17.3 Å². The summed E-state index contributed by atoms with van der Waals surface area (Å²) in [7, 11) is 1.52. The molecule has 1 heterocycles. The molecule has 2 rings (SSSR count). The third kappa shape index (κ3) is 2.60. The van der Waals surface area contributed by atoms with Gasteiger partial charge in [-0.25, -0.2) is 4.68 Å². The molecule has 0 aliphatic carbocycles. The summed E-state index contributed by atoms with van der Waals surface area (Å²) in [6.07, 6.45) is 1.13. The van der Waals surface area contributed by atoms with Crippen molar-refractivity contribution < 1.29 is 9.66 Å². The third-order valence-corrected chi connectivity index (χ3v) is 2.90. The molecule has 100 valence electrons. The number of nitrogen functional groups attached to an aromatic ring is 1. The highest BCUT2D eigenvalue weighted by Crippen LogP contribution is 2.26. The largest absolute Gasteiger partial charge is 0.495 e. The molecule has 0 spiro atoms. The van der Waals surface area contributed by atoms with Crippen molar-refractivity contribution in [2.45, 2.75) is 6.54 Å². The van der Waals surface area contributed by atoms with E-state index in [9.17, 15) is 10.1 Å². The quantitative estimate of drug-likeness (QED) is 0.684. The Labute approximate surface area is 113 Å². The molecule has 0 saturated heterocycles. The second-order valence-corrected chi connectivity index (χ2v) is 4.21. The maximum Gasteiger partial charge on any atom is 0.330 e. The van der Waals surface area contributed by atoms with Crippen LogP contribution in [0.3, 0.4) is 0 Å². The lowest BCUT2D eigenvalue weighted by Gasteiger charge is -2.07. The summed E-state index contributed by atoms with van der Waals surface area (Å²) in [4.78, 5) is 10.1. The Hall–Kier alpha value is -2.28. The Morgan fingerprint density at radius 2 is 2.32 bits per heavy atom. The van der Waals surface area contributed by atoms with Crippen molar-refractivity contribution in [3.05, 3.63) is 45.1 Å². The SMILES string of the molecule is COc1ccc(Cn2ncc([N+](=O)[O-])c2N)cc1Cl. The van der Waals surface area contributed by atoms with Crippen LogP contribution in [0, 0.1) is 10.1 Å². The smallest absolute Gasteiger partial charge is 0.330 e. The zero-order chi connectivity index (χ0) is 14.0. The topological polar surface area (TPSA) is 96.2 Å². The van der Waals surface area contributed by atoms with Gasteiger partial charge in [-0.3, -0.25) is 10.1 Å². The first-order chi connectivity index (χ1) is 9.02. The number of halogens is 1. The van der Waals surface area contributed by atoms with Crippen LogP contribution in [0.2, 0.25) is 5.02 Å². The fraction of sp³-hybridized carbons (Fsp3) is 0.182. The number of nitrogens with zero attached hydrogens (tertiary/aromatic N) is 3. The number of rotatable bonds is 4. The maximum absolute atomic E-state index is 10.7. The van der Waals surface area contributed by atoms with Crippen molar-refractivity contribution in [1.82, 2.24) is 9.78 Å². The normalized spacial score (nSPS) is 10.4. The fourth-order valence-corrected chi connectivity index (χ4v) is 1.91. The second kappa shape index (κ2) is 5.15. The van der Waals surface area contributed by atoms with Crippen molar-refractivity contribution in [3.63, 3.8) is 0 Å². The van der Waals surface area contributed by atoms with Gasteiger partial charge in [0.1, 0.15) is 11.9 Å². The molecule has 0 aliphatic rings. The molecular weight excluding hydrogens is 272 g/mol. The van der Waals surface area contributed by atoms with Gasteiger partial charge >= 0.3 is 5.69 Å². The number of hydrogen-bond donors (Lipinski definition) is 1. The Morgan fingerprint density at radius 3 is 2.84 bits per heavy atom. The average Bonchev–Trinajstić information content (AvgIpc) is 2.71. The summed E-state index contributed by atoms with van der Waals surface area (Å²) < 4.78 is 6.38. The van der Waals surface area contributed by atoms with Gasteiger partial charge in [-0.05, 0) is 17.7 Å². The monoisotopic (exact) mass is 282 g/mol. The number of methoxy groups -OCH3 is 1. The van der Waals surface area contributed by atoms with Crippen molar-refractivity contribution in [2.24, 2.45) is 0 Å². The van der Waals surface area contributed by atoms with E-state index in [2.05, 4.69) is 5.10 Å². The maximum atomic E-state index is 10.7. The zero-order valence-corrected chi connectivity index (χ0v) is 10.8. The van der Waals surface area contributed by atoms with Gasteiger partial charge in [0, 0.05) is 0 Å². The van der Waals surface area contributed by atoms with Crippen LogP contribution in [0.4, 0.5) is 11.5 Å². The summed E-state index contributed by atoms with van der Waals surface area (Å²) in [5, 5.41) is 15.0. The number of nitro groups is 1. The molecule has 1 aromatic heterocycles. The lowest BCUT2D eigenvalue weighted by Crippen LogP contribution is -2.06. The van der Waals surface area contributed by atoms with Crippen LogP contribution in [0.25, 0.3) is 0 Å². The van der Waals surface area contributed by atoms with Gasteiger partial charge in [-0.2, -0.15) is 5.10 Å².